The van der Waals surface area contributed by atoms with Crippen LogP contribution in [-0.2, 0) is 14.3 Å². The molecule has 1 saturated heterocycles. The summed E-state index contributed by atoms with van der Waals surface area (Å²) >= 11 is 0. The Morgan fingerprint density at radius 1 is 1.29 bits per heavy atom. The molecule has 140 valence electrons. The molecule has 0 aromatic carbocycles. The van der Waals surface area contributed by atoms with Crippen LogP contribution in [0.4, 0.5) is 0 Å². The summed E-state index contributed by atoms with van der Waals surface area (Å²) in [5, 5.41) is 6.44. The molecule has 0 aromatic heterocycles. The Kier molecular flexibility index (Phi) is 8.51. The molecule has 1 aliphatic heterocycles. The summed E-state index contributed by atoms with van der Waals surface area (Å²) < 4.78 is 4.99. The highest BCUT2D eigenvalue weighted by atomic mass is 35.5. The van der Waals surface area contributed by atoms with Gasteiger partial charge in [-0.3, -0.25) is 4.79 Å². The van der Waals surface area contributed by atoms with Gasteiger partial charge in [-0.25, -0.2) is 4.79 Å². The van der Waals surface area contributed by atoms with Crippen LogP contribution >= 0.6 is 12.4 Å². The van der Waals surface area contributed by atoms with E-state index in [1.807, 2.05) is 0 Å². The summed E-state index contributed by atoms with van der Waals surface area (Å²) in [7, 11) is 1.41. The number of rotatable bonds is 5. The maximum Gasteiger partial charge on any atom is 0.331 e. The summed E-state index contributed by atoms with van der Waals surface area (Å²) in [4.78, 5) is 24.8. The van der Waals surface area contributed by atoms with E-state index in [-0.39, 0.29) is 24.3 Å². The number of amides is 1. The molecular weight excluding hydrogens is 328 g/mol. The number of ether oxygens (including phenoxy) is 1. The van der Waals surface area contributed by atoms with Crippen LogP contribution in [0.5, 0.6) is 0 Å². The summed E-state index contributed by atoms with van der Waals surface area (Å²) in [6, 6.07) is 0. The molecule has 2 rings (SSSR count). The van der Waals surface area contributed by atoms with E-state index >= 15 is 0 Å². The maximum absolute atomic E-state index is 12.5. The molecule has 1 aliphatic carbocycles. The molecule has 6 heteroatoms. The topological polar surface area (TPSA) is 67.4 Å². The minimum Gasteiger partial charge on any atom is -0.467 e. The van der Waals surface area contributed by atoms with Crippen LogP contribution in [0.25, 0.3) is 0 Å². The van der Waals surface area contributed by atoms with E-state index in [0.29, 0.717) is 37.0 Å². The lowest BCUT2D eigenvalue weighted by atomic mass is 9.76. The van der Waals surface area contributed by atoms with Gasteiger partial charge in [0.05, 0.1) is 7.11 Å². The lowest BCUT2D eigenvalue weighted by Crippen LogP contribution is -2.57. The van der Waals surface area contributed by atoms with Gasteiger partial charge < -0.3 is 15.4 Å². The first kappa shape index (κ1) is 21.2. The van der Waals surface area contributed by atoms with Crippen molar-refractivity contribution in [1.29, 1.82) is 0 Å². The number of piperidine rings is 1. The highest BCUT2D eigenvalue weighted by molar-refractivity contribution is 5.88. The van der Waals surface area contributed by atoms with Gasteiger partial charge in [0.1, 0.15) is 5.54 Å². The maximum atomic E-state index is 12.5. The monoisotopic (exact) mass is 360 g/mol. The van der Waals surface area contributed by atoms with Gasteiger partial charge in [0.15, 0.2) is 0 Å². The average molecular weight is 361 g/mol. The van der Waals surface area contributed by atoms with E-state index in [9.17, 15) is 9.59 Å². The van der Waals surface area contributed by atoms with Crippen molar-refractivity contribution in [2.24, 2.45) is 17.8 Å². The van der Waals surface area contributed by atoms with E-state index in [4.69, 9.17) is 4.74 Å². The number of halogens is 1. The zero-order chi connectivity index (χ0) is 16.9. The molecule has 1 saturated carbocycles. The van der Waals surface area contributed by atoms with Crippen molar-refractivity contribution in [3.05, 3.63) is 0 Å². The Bertz CT molecular complexity index is 416. The zero-order valence-corrected chi connectivity index (χ0v) is 16.0. The molecule has 24 heavy (non-hydrogen) atoms. The number of carbonyl (C=O) groups is 2. The third kappa shape index (κ3) is 5.35. The third-order valence-electron chi connectivity index (χ3n) is 5.73. The van der Waals surface area contributed by atoms with Gasteiger partial charge in [-0.15, -0.1) is 12.4 Å². The van der Waals surface area contributed by atoms with Gasteiger partial charge in [0, 0.05) is 6.42 Å². The van der Waals surface area contributed by atoms with Crippen LogP contribution in [-0.4, -0.2) is 37.6 Å². The van der Waals surface area contributed by atoms with Crippen LogP contribution in [0.1, 0.15) is 58.8 Å². The molecule has 1 heterocycles. The molecule has 0 radical (unpaired) electrons. The molecule has 1 amide bonds. The normalized spacial score (nSPS) is 31.5. The second-order valence-corrected chi connectivity index (χ2v) is 7.59. The number of hydrogen-bond acceptors (Lipinski definition) is 4. The highest BCUT2D eigenvalue weighted by Gasteiger charge is 2.43. The van der Waals surface area contributed by atoms with Gasteiger partial charge in [0.25, 0.3) is 0 Å². The Hall–Kier alpha value is -0.810. The molecule has 0 spiro atoms. The predicted octanol–water partition coefficient (Wildman–Crippen LogP) is 2.67. The molecule has 2 fully saturated rings. The predicted molar refractivity (Wildman–Crippen MR) is 97.1 cm³/mol. The fourth-order valence-electron chi connectivity index (χ4n) is 3.97. The van der Waals surface area contributed by atoms with Gasteiger partial charge >= 0.3 is 5.97 Å². The minimum atomic E-state index is -0.803. The lowest BCUT2D eigenvalue weighted by Gasteiger charge is -2.38. The molecule has 2 N–H and O–H groups in total. The van der Waals surface area contributed by atoms with Crippen molar-refractivity contribution in [1.82, 2.24) is 10.6 Å². The smallest absolute Gasteiger partial charge is 0.331 e. The van der Waals surface area contributed by atoms with Crippen LogP contribution in [0.15, 0.2) is 0 Å². The number of esters is 1. The molecule has 0 aromatic rings. The highest BCUT2D eigenvalue weighted by Crippen LogP contribution is 2.33. The average Bonchev–Trinajstić information content (AvgIpc) is 2.57. The van der Waals surface area contributed by atoms with E-state index in [2.05, 4.69) is 24.5 Å². The number of methoxy groups -OCH3 is 1. The summed E-state index contributed by atoms with van der Waals surface area (Å²) in [5.74, 6) is 1.19. The lowest BCUT2D eigenvalue weighted by molar-refractivity contribution is -0.153. The largest absolute Gasteiger partial charge is 0.467 e. The summed E-state index contributed by atoms with van der Waals surface area (Å²) in [5.41, 5.74) is -0.803. The Labute approximate surface area is 152 Å². The number of nitrogens with one attached hydrogen (secondary N) is 2. The van der Waals surface area contributed by atoms with Crippen LogP contribution in [0.2, 0.25) is 0 Å². The Morgan fingerprint density at radius 2 is 1.96 bits per heavy atom. The number of hydrogen-bond donors (Lipinski definition) is 2. The molecule has 2 unspecified atom stereocenters. The van der Waals surface area contributed by atoms with E-state index in [0.717, 1.165) is 25.9 Å². The zero-order valence-electron chi connectivity index (χ0n) is 15.2. The molecule has 2 atom stereocenters. The van der Waals surface area contributed by atoms with Gasteiger partial charge in [0.2, 0.25) is 5.91 Å². The fraction of sp³-hybridized carbons (Fsp3) is 0.889. The second-order valence-electron chi connectivity index (χ2n) is 7.59. The van der Waals surface area contributed by atoms with E-state index < -0.39 is 5.54 Å². The standard InChI is InChI=1S/C18H32N2O3.ClH/c1-13-6-8-18(9-7-13,17(22)23-3)20-16(21)11-14(2)15-5-4-10-19-12-15;/h13-15,19H,4-12H2,1-3H3,(H,20,21);1H. The van der Waals surface area contributed by atoms with Crippen molar-refractivity contribution in [3.63, 3.8) is 0 Å². The summed E-state index contributed by atoms with van der Waals surface area (Å²) in [6.07, 6.45) is 6.13. The van der Waals surface area contributed by atoms with Gasteiger partial charge in [-0.05, 0) is 69.4 Å². The van der Waals surface area contributed by atoms with E-state index in [1.54, 1.807) is 0 Å². The van der Waals surface area contributed by atoms with Crippen LogP contribution in [0.3, 0.4) is 0 Å². The first-order valence-electron chi connectivity index (χ1n) is 9.07. The molecule has 2 aliphatic rings. The van der Waals surface area contributed by atoms with Crippen molar-refractivity contribution in [3.8, 4) is 0 Å². The first-order chi connectivity index (χ1) is 11.0. The van der Waals surface area contributed by atoms with Gasteiger partial charge in [-0.2, -0.15) is 0 Å². The minimum absolute atomic E-state index is 0. The molecule has 5 nitrogen and oxygen atoms in total. The van der Waals surface area contributed by atoms with Crippen molar-refractivity contribution in [2.75, 3.05) is 20.2 Å². The van der Waals surface area contributed by atoms with Crippen LogP contribution < -0.4 is 10.6 Å². The van der Waals surface area contributed by atoms with Crippen LogP contribution in [0, 0.1) is 17.8 Å². The summed E-state index contributed by atoms with van der Waals surface area (Å²) in [6.45, 7) is 6.42. The van der Waals surface area contributed by atoms with Crippen molar-refractivity contribution in [2.45, 2.75) is 64.3 Å². The SMILES string of the molecule is COC(=O)C1(NC(=O)CC(C)C2CCCNC2)CCC(C)CC1.Cl. The Balaban J connectivity index is 0.00000288. The third-order valence-corrected chi connectivity index (χ3v) is 5.73. The molecule has 0 bridgehead atoms. The van der Waals surface area contributed by atoms with E-state index in [1.165, 1.54) is 20.0 Å². The van der Waals surface area contributed by atoms with Crippen molar-refractivity contribution >= 4 is 24.3 Å². The Morgan fingerprint density at radius 3 is 2.50 bits per heavy atom. The number of carbonyl (C=O) groups excluding carboxylic acids is 2. The molecular formula is C18H33ClN2O3. The fourth-order valence-corrected chi connectivity index (χ4v) is 3.97. The first-order valence-corrected chi connectivity index (χ1v) is 9.07. The quantitative estimate of drug-likeness (QED) is 0.740. The van der Waals surface area contributed by atoms with Gasteiger partial charge in [-0.1, -0.05) is 13.8 Å². The second kappa shape index (κ2) is 9.62. The van der Waals surface area contributed by atoms with Crippen molar-refractivity contribution < 1.29 is 14.3 Å².